The predicted molar refractivity (Wildman–Crippen MR) is 90.0 cm³/mol. The van der Waals surface area contributed by atoms with E-state index in [-0.39, 0.29) is 12.0 Å². The summed E-state index contributed by atoms with van der Waals surface area (Å²) >= 11 is 6.47. The second-order valence-corrected chi connectivity index (χ2v) is 6.91. The molecule has 0 fully saturated rings. The molecule has 0 aliphatic heterocycles. The van der Waals surface area contributed by atoms with Gasteiger partial charge in [-0.05, 0) is 67.2 Å². The van der Waals surface area contributed by atoms with Crippen molar-refractivity contribution in [2.45, 2.75) is 76.9 Å². The summed E-state index contributed by atoms with van der Waals surface area (Å²) < 4.78 is 0. The van der Waals surface area contributed by atoms with Gasteiger partial charge in [0.25, 0.3) is 0 Å². The van der Waals surface area contributed by atoms with E-state index in [0.717, 1.165) is 30.7 Å². The molecule has 0 heterocycles. The lowest BCUT2D eigenvalue weighted by Crippen LogP contribution is -2.35. The Morgan fingerprint density at radius 2 is 1.86 bits per heavy atom. The third-order valence-corrected chi connectivity index (χ3v) is 5.03. The number of rotatable bonds is 6. The summed E-state index contributed by atoms with van der Waals surface area (Å²) in [5.41, 5.74) is 10.0. The fourth-order valence-electron chi connectivity index (χ4n) is 3.34. The van der Waals surface area contributed by atoms with Crippen LogP contribution in [-0.4, -0.2) is 17.3 Å². The molecule has 2 nitrogen and oxygen atoms in total. The van der Waals surface area contributed by atoms with Crippen molar-refractivity contribution in [1.29, 1.82) is 0 Å². The third kappa shape index (κ3) is 4.21. The van der Waals surface area contributed by atoms with E-state index in [9.17, 15) is 5.11 Å². The Kier molecular flexibility index (Phi) is 6.09. The summed E-state index contributed by atoms with van der Waals surface area (Å²) in [4.78, 5) is 0. The number of fused-ring (bicyclic) bond motifs is 1. The van der Waals surface area contributed by atoms with Gasteiger partial charge in [0.15, 0.2) is 0 Å². The van der Waals surface area contributed by atoms with Crippen LogP contribution < -0.4 is 5.73 Å². The van der Waals surface area contributed by atoms with E-state index in [1.165, 1.54) is 29.5 Å². The van der Waals surface area contributed by atoms with Crippen molar-refractivity contribution < 1.29 is 5.11 Å². The first-order valence-electron chi connectivity index (χ1n) is 8.27. The summed E-state index contributed by atoms with van der Waals surface area (Å²) in [6, 6.07) is 4.27. The van der Waals surface area contributed by atoms with E-state index in [2.05, 4.69) is 26.0 Å². The van der Waals surface area contributed by atoms with Crippen LogP contribution in [0, 0.1) is 0 Å². The molecule has 3 unspecified atom stereocenters. The maximum atomic E-state index is 10.2. The smallest absolute Gasteiger partial charge is 0.0696 e. The highest BCUT2D eigenvalue weighted by atomic mass is 35.5. The molecule has 0 saturated carbocycles. The maximum absolute atomic E-state index is 10.2. The van der Waals surface area contributed by atoms with Gasteiger partial charge in [0.05, 0.1) is 6.10 Å². The molecule has 118 valence electrons. The minimum atomic E-state index is -0.452. The first-order valence-corrected chi connectivity index (χ1v) is 8.65. The molecule has 21 heavy (non-hydrogen) atoms. The summed E-state index contributed by atoms with van der Waals surface area (Å²) in [5, 5.41) is 11.1. The predicted octanol–water partition coefficient (Wildman–Crippen LogP) is 4.20. The van der Waals surface area contributed by atoms with Crippen LogP contribution in [0.5, 0.6) is 0 Å². The molecular weight excluding hydrogens is 282 g/mol. The Labute approximate surface area is 133 Å². The largest absolute Gasteiger partial charge is 0.391 e. The van der Waals surface area contributed by atoms with Gasteiger partial charge in [-0.2, -0.15) is 0 Å². The summed E-state index contributed by atoms with van der Waals surface area (Å²) in [6.45, 7) is 4.23. The Morgan fingerprint density at radius 3 is 2.48 bits per heavy atom. The Morgan fingerprint density at radius 1 is 1.24 bits per heavy atom. The first kappa shape index (κ1) is 16.8. The number of aliphatic hydroxyl groups is 1. The number of hydrogen-bond acceptors (Lipinski definition) is 2. The Bertz CT molecular complexity index is 475. The number of benzene rings is 1. The van der Waals surface area contributed by atoms with Crippen LogP contribution in [0.3, 0.4) is 0 Å². The van der Waals surface area contributed by atoms with Crippen molar-refractivity contribution in [3.63, 3.8) is 0 Å². The van der Waals surface area contributed by atoms with E-state index in [1.807, 2.05) is 0 Å². The van der Waals surface area contributed by atoms with Crippen LogP contribution in [-0.2, 0) is 12.8 Å². The molecule has 2 rings (SSSR count). The monoisotopic (exact) mass is 309 g/mol. The van der Waals surface area contributed by atoms with Crippen molar-refractivity contribution in [3.05, 3.63) is 33.8 Å². The van der Waals surface area contributed by atoms with Gasteiger partial charge in [0.1, 0.15) is 0 Å². The third-order valence-electron chi connectivity index (χ3n) is 4.70. The van der Waals surface area contributed by atoms with Gasteiger partial charge in [-0.15, -0.1) is 0 Å². The average molecular weight is 310 g/mol. The molecule has 3 N–H and O–H groups in total. The molecule has 0 amide bonds. The lowest BCUT2D eigenvalue weighted by Gasteiger charge is -2.24. The van der Waals surface area contributed by atoms with E-state index in [4.69, 9.17) is 17.3 Å². The van der Waals surface area contributed by atoms with Crippen molar-refractivity contribution >= 4 is 11.6 Å². The van der Waals surface area contributed by atoms with Gasteiger partial charge in [-0.1, -0.05) is 37.9 Å². The molecule has 1 aliphatic rings. The fourth-order valence-corrected chi connectivity index (χ4v) is 3.71. The van der Waals surface area contributed by atoms with Crippen LogP contribution in [0.25, 0.3) is 0 Å². The molecule has 1 aliphatic carbocycles. The van der Waals surface area contributed by atoms with Crippen LogP contribution in [0.15, 0.2) is 12.1 Å². The van der Waals surface area contributed by atoms with Crippen molar-refractivity contribution in [3.8, 4) is 0 Å². The lowest BCUT2D eigenvalue weighted by atomic mass is 9.85. The zero-order valence-corrected chi connectivity index (χ0v) is 14.0. The molecule has 3 atom stereocenters. The minimum absolute atomic E-state index is 0.131. The highest BCUT2D eigenvalue weighted by Crippen LogP contribution is 2.33. The number of halogens is 1. The second kappa shape index (κ2) is 7.62. The minimum Gasteiger partial charge on any atom is -0.391 e. The van der Waals surface area contributed by atoms with Gasteiger partial charge in [0, 0.05) is 11.1 Å². The van der Waals surface area contributed by atoms with E-state index in [1.54, 1.807) is 0 Å². The number of aryl methyl sites for hydroxylation is 2. The molecular formula is C18H28ClNO. The molecule has 0 aromatic heterocycles. The van der Waals surface area contributed by atoms with Crippen LogP contribution in [0.1, 0.15) is 68.6 Å². The molecule has 1 aromatic carbocycles. The Hall–Kier alpha value is -0.570. The molecule has 0 saturated heterocycles. The van der Waals surface area contributed by atoms with Crippen LogP contribution >= 0.6 is 11.6 Å². The van der Waals surface area contributed by atoms with E-state index in [0.29, 0.717) is 6.42 Å². The molecule has 0 radical (unpaired) electrons. The summed E-state index contributed by atoms with van der Waals surface area (Å²) in [5.74, 6) is 0.239. The van der Waals surface area contributed by atoms with Gasteiger partial charge < -0.3 is 10.8 Å². The molecule has 0 spiro atoms. The van der Waals surface area contributed by atoms with Gasteiger partial charge in [-0.25, -0.2) is 0 Å². The normalized spacial score (nSPS) is 18.9. The molecule has 1 aromatic rings. The highest BCUT2D eigenvalue weighted by molar-refractivity contribution is 6.31. The standard InChI is InChI=1S/C18H28ClNO/c1-3-6-17(20)18(21)9-12(2)15-10-13-7-4-5-8-14(13)11-16(15)19/h10-12,17-18,21H,3-9,20H2,1-2H3. The quantitative estimate of drug-likeness (QED) is 0.827. The SMILES string of the molecule is CCCC(N)C(O)CC(C)c1cc2c(cc1Cl)CCCC2. The van der Waals surface area contributed by atoms with E-state index >= 15 is 0 Å². The fraction of sp³-hybridized carbons (Fsp3) is 0.667. The first-order chi connectivity index (χ1) is 10.0. The van der Waals surface area contributed by atoms with Gasteiger partial charge in [0.2, 0.25) is 0 Å². The average Bonchev–Trinajstić information content (AvgIpc) is 2.46. The van der Waals surface area contributed by atoms with Crippen molar-refractivity contribution in [2.75, 3.05) is 0 Å². The van der Waals surface area contributed by atoms with E-state index < -0.39 is 6.10 Å². The topological polar surface area (TPSA) is 46.2 Å². The molecule has 3 heteroatoms. The maximum Gasteiger partial charge on any atom is 0.0696 e. The van der Waals surface area contributed by atoms with Gasteiger partial charge in [-0.3, -0.25) is 0 Å². The zero-order valence-electron chi connectivity index (χ0n) is 13.2. The summed E-state index contributed by atoms with van der Waals surface area (Å²) in [7, 11) is 0. The van der Waals surface area contributed by atoms with Crippen molar-refractivity contribution in [1.82, 2.24) is 0 Å². The number of nitrogens with two attached hydrogens (primary N) is 1. The number of hydrogen-bond donors (Lipinski definition) is 2. The van der Waals surface area contributed by atoms with Crippen LogP contribution in [0.2, 0.25) is 5.02 Å². The van der Waals surface area contributed by atoms with Gasteiger partial charge >= 0.3 is 0 Å². The van der Waals surface area contributed by atoms with Crippen molar-refractivity contribution in [2.24, 2.45) is 5.73 Å². The van der Waals surface area contributed by atoms with Crippen LogP contribution in [0.4, 0.5) is 0 Å². The summed E-state index contributed by atoms with van der Waals surface area (Å²) in [6.07, 6.45) is 6.94. The molecule has 0 bridgehead atoms. The second-order valence-electron chi connectivity index (χ2n) is 6.51. The Balaban J connectivity index is 2.10. The zero-order chi connectivity index (χ0) is 15.4. The highest BCUT2D eigenvalue weighted by Gasteiger charge is 2.21. The lowest BCUT2D eigenvalue weighted by molar-refractivity contribution is 0.124. The number of aliphatic hydroxyl groups excluding tert-OH is 1.